The van der Waals surface area contributed by atoms with Crippen LogP contribution in [0.1, 0.15) is 31.7 Å². The predicted molar refractivity (Wildman–Crippen MR) is 79.3 cm³/mol. The Morgan fingerprint density at radius 3 is 3.00 bits per heavy atom. The second-order valence-electron chi connectivity index (χ2n) is 5.62. The molecule has 1 aromatic carbocycles. The van der Waals surface area contributed by atoms with Crippen molar-refractivity contribution in [1.82, 2.24) is 4.90 Å². The zero-order valence-electron chi connectivity index (χ0n) is 12.0. The Morgan fingerprint density at radius 1 is 1.37 bits per heavy atom. The topological polar surface area (TPSA) is 38.5 Å². The van der Waals surface area contributed by atoms with Crippen LogP contribution in [0.15, 0.2) is 24.3 Å². The molecule has 0 saturated carbocycles. The van der Waals surface area contributed by atoms with Gasteiger partial charge in [0.2, 0.25) is 0 Å². The van der Waals surface area contributed by atoms with Gasteiger partial charge < -0.3 is 10.5 Å². The number of nitrogens with zero attached hydrogens (tertiary/aromatic N) is 1. The number of rotatable bonds is 7. The van der Waals surface area contributed by atoms with Gasteiger partial charge in [-0.3, -0.25) is 4.90 Å². The number of hydrogen-bond donors (Lipinski definition) is 1. The van der Waals surface area contributed by atoms with Crippen LogP contribution in [-0.2, 0) is 6.54 Å². The summed E-state index contributed by atoms with van der Waals surface area (Å²) >= 11 is 0. The summed E-state index contributed by atoms with van der Waals surface area (Å²) < 4.78 is 5.76. The fourth-order valence-electron chi connectivity index (χ4n) is 2.60. The molecule has 0 aliphatic carbocycles. The summed E-state index contributed by atoms with van der Waals surface area (Å²) in [5.74, 6) is 1.83. The first-order chi connectivity index (χ1) is 9.28. The Hall–Kier alpha value is -1.06. The molecule has 1 unspecified atom stereocenters. The van der Waals surface area contributed by atoms with Crippen LogP contribution in [0.5, 0.6) is 5.75 Å². The van der Waals surface area contributed by atoms with Crippen LogP contribution >= 0.6 is 0 Å². The number of ether oxygens (including phenoxy) is 1. The van der Waals surface area contributed by atoms with Crippen molar-refractivity contribution in [1.29, 1.82) is 0 Å². The van der Waals surface area contributed by atoms with E-state index in [4.69, 9.17) is 10.5 Å². The lowest BCUT2D eigenvalue weighted by Crippen LogP contribution is -2.19. The van der Waals surface area contributed by atoms with E-state index in [0.29, 0.717) is 0 Å². The Balaban J connectivity index is 1.81. The van der Waals surface area contributed by atoms with E-state index < -0.39 is 0 Å². The maximum Gasteiger partial charge on any atom is 0.119 e. The molecule has 3 heteroatoms. The lowest BCUT2D eigenvalue weighted by Gasteiger charge is -2.16. The summed E-state index contributed by atoms with van der Waals surface area (Å²) in [6.45, 7) is 7.34. The molecule has 1 aliphatic rings. The van der Waals surface area contributed by atoms with Crippen molar-refractivity contribution in [3.05, 3.63) is 29.8 Å². The van der Waals surface area contributed by atoms with Gasteiger partial charge >= 0.3 is 0 Å². The van der Waals surface area contributed by atoms with Crippen LogP contribution in [0.2, 0.25) is 0 Å². The SMILES string of the molecule is CC1CCN(Cc2cccc(OCCCCN)c2)C1. The third kappa shape index (κ3) is 4.84. The van der Waals surface area contributed by atoms with Crippen molar-refractivity contribution in [2.75, 3.05) is 26.2 Å². The lowest BCUT2D eigenvalue weighted by atomic mass is 10.2. The quantitative estimate of drug-likeness (QED) is 0.768. The molecule has 1 aliphatic heterocycles. The van der Waals surface area contributed by atoms with Crippen LogP contribution in [0, 0.1) is 5.92 Å². The van der Waals surface area contributed by atoms with E-state index in [9.17, 15) is 0 Å². The Labute approximate surface area is 116 Å². The smallest absolute Gasteiger partial charge is 0.119 e. The van der Waals surface area contributed by atoms with E-state index in [-0.39, 0.29) is 0 Å². The van der Waals surface area contributed by atoms with Gasteiger partial charge in [0.1, 0.15) is 5.75 Å². The fourth-order valence-corrected chi connectivity index (χ4v) is 2.60. The first kappa shape index (κ1) is 14.4. The average molecular weight is 262 g/mol. The molecule has 1 heterocycles. The number of benzene rings is 1. The minimum Gasteiger partial charge on any atom is -0.494 e. The number of nitrogens with two attached hydrogens (primary N) is 1. The first-order valence-corrected chi connectivity index (χ1v) is 7.42. The van der Waals surface area contributed by atoms with Gasteiger partial charge in [0, 0.05) is 13.1 Å². The highest BCUT2D eigenvalue weighted by atomic mass is 16.5. The van der Waals surface area contributed by atoms with Crippen LogP contribution < -0.4 is 10.5 Å². The highest BCUT2D eigenvalue weighted by Gasteiger charge is 2.18. The van der Waals surface area contributed by atoms with Crippen molar-refractivity contribution in [2.45, 2.75) is 32.7 Å². The monoisotopic (exact) mass is 262 g/mol. The predicted octanol–water partition coefficient (Wildman–Crippen LogP) is 2.65. The number of likely N-dealkylation sites (tertiary alicyclic amines) is 1. The fraction of sp³-hybridized carbons (Fsp3) is 0.625. The second kappa shape index (κ2) is 7.51. The molecule has 19 heavy (non-hydrogen) atoms. The summed E-state index contributed by atoms with van der Waals surface area (Å²) in [4.78, 5) is 2.53. The summed E-state index contributed by atoms with van der Waals surface area (Å²) in [6, 6.07) is 8.49. The lowest BCUT2D eigenvalue weighted by molar-refractivity contribution is 0.303. The zero-order chi connectivity index (χ0) is 13.5. The highest BCUT2D eigenvalue weighted by Crippen LogP contribution is 2.20. The molecule has 0 radical (unpaired) electrons. The van der Waals surface area contributed by atoms with E-state index >= 15 is 0 Å². The number of hydrogen-bond acceptors (Lipinski definition) is 3. The van der Waals surface area contributed by atoms with Crippen molar-refractivity contribution < 1.29 is 4.74 Å². The molecule has 0 bridgehead atoms. The maximum atomic E-state index is 5.76. The minimum absolute atomic E-state index is 0.747. The summed E-state index contributed by atoms with van der Waals surface area (Å²) in [5.41, 5.74) is 6.83. The van der Waals surface area contributed by atoms with Crippen molar-refractivity contribution in [2.24, 2.45) is 11.7 Å². The molecular formula is C16H26N2O. The molecule has 2 N–H and O–H groups in total. The molecule has 1 saturated heterocycles. The van der Waals surface area contributed by atoms with Crippen molar-refractivity contribution in [3.8, 4) is 5.75 Å². The van der Waals surface area contributed by atoms with Crippen molar-refractivity contribution in [3.63, 3.8) is 0 Å². The summed E-state index contributed by atoms with van der Waals surface area (Å²) in [7, 11) is 0. The Morgan fingerprint density at radius 2 is 2.26 bits per heavy atom. The maximum absolute atomic E-state index is 5.76. The van der Waals surface area contributed by atoms with Gasteiger partial charge in [0.25, 0.3) is 0 Å². The van der Waals surface area contributed by atoms with Gasteiger partial charge in [-0.2, -0.15) is 0 Å². The van der Waals surface area contributed by atoms with E-state index in [1.807, 2.05) is 6.07 Å². The molecular weight excluding hydrogens is 236 g/mol. The molecule has 106 valence electrons. The molecule has 0 aromatic heterocycles. The highest BCUT2D eigenvalue weighted by molar-refractivity contribution is 5.28. The summed E-state index contributed by atoms with van der Waals surface area (Å²) in [6.07, 6.45) is 3.39. The van der Waals surface area contributed by atoms with E-state index in [0.717, 1.165) is 44.2 Å². The summed E-state index contributed by atoms with van der Waals surface area (Å²) in [5, 5.41) is 0. The van der Waals surface area contributed by atoms with Crippen LogP contribution in [0.3, 0.4) is 0 Å². The molecule has 2 rings (SSSR count). The van der Waals surface area contributed by atoms with Gasteiger partial charge in [-0.05, 0) is 56.0 Å². The molecule has 0 spiro atoms. The zero-order valence-corrected chi connectivity index (χ0v) is 12.0. The standard InChI is InChI=1S/C16H26N2O/c1-14-7-9-18(12-14)13-15-5-4-6-16(11-15)19-10-3-2-8-17/h4-6,11,14H,2-3,7-10,12-13,17H2,1H3. The Bertz CT molecular complexity index is 381. The number of unbranched alkanes of at least 4 members (excludes halogenated alkanes) is 1. The largest absolute Gasteiger partial charge is 0.494 e. The first-order valence-electron chi connectivity index (χ1n) is 7.42. The molecule has 1 fully saturated rings. The van der Waals surface area contributed by atoms with Gasteiger partial charge in [0.15, 0.2) is 0 Å². The second-order valence-corrected chi connectivity index (χ2v) is 5.62. The van der Waals surface area contributed by atoms with Gasteiger partial charge in [-0.1, -0.05) is 19.1 Å². The third-order valence-corrected chi connectivity index (χ3v) is 3.68. The van der Waals surface area contributed by atoms with Gasteiger partial charge in [0.05, 0.1) is 6.61 Å². The van der Waals surface area contributed by atoms with Crippen LogP contribution in [-0.4, -0.2) is 31.1 Å². The molecule has 3 nitrogen and oxygen atoms in total. The van der Waals surface area contributed by atoms with Crippen LogP contribution in [0.4, 0.5) is 0 Å². The van der Waals surface area contributed by atoms with Gasteiger partial charge in [-0.15, -0.1) is 0 Å². The van der Waals surface area contributed by atoms with Gasteiger partial charge in [-0.25, -0.2) is 0 Å². The third-order valence-electron chi connectivity index (χ3n) is 3.68. The molecule has 1 aromatic rings. The average Bonchev–Trinajstić information content (AvgIpc) is 2.81. The van der Waals surface area contributed by atoms with E-state index in [1.54, 1.807) is 0 Å². The Kier molecular flexibility index (Phi) is 5.67. The van der Waals surface area contributed by atoms with Crippen molar-refractivity contribution >= 4 is 0 Å². The molecule has 0 amide bonds. The molecule has 1 atom stereocenters. The van der Waals surface area contributed by atoms with Crippen LogP contribution in [0.25, 0.3) is 0 Å². The van der Waals surface area contributed by atoms with E-state index in [2.05, 4.69) is 30.0 Å². The minimum atomic E-state index is 0.747. The normalized spacial score (nSPS) is 19.8. The van der Waals surface area contributed by atoms with E-state index in [1.165, 1.54) is 25.1 Å².